The summed E-state index contributed by atoms with van der Waals surface area (Å²) < 4.78 is 110. The van der Waals surface area contributed by atoms with Crippen molar-refractivity contribution in [2.45, 2.75) is 104 Å². The standard InChI is InChI=1S/C57H71ClF3N7O8S3/c1-55(2,3)76-54(70)67-30-26-65(27-31-67)39-56(4)22-20-50(40-10-14-43(58)15-11-40)42(34-56)35-64-24-28-66(29-25-64)45-16-12-41(13-17-45)53(69)63-79(73,74)49-18-19-51(52(33-49)78(71,72)57(59,60)61)62-44(38-77-48-8-6-5-7-9-48)21-23-68-36-47-32-46(68)37-75-47/h5-19,33,44,46-47,62H,20-32,34-39H2,1-4H3,(H,63,69)/t44-,46-,47-,56?/m1/s1. The quantitative estimate of drug-likeness (QED) is 0.0907. The Labute approximate surface area is 472 Å². The van der Waals surface area contributed by atoms with Crippen LogP contribution in [-0.4, -0.2) is 169 Å². The summed E-state index contributed by atoms with van der Waals surface area (Å²) in [7, 11) is -11.0. The van der Waals surface area contributed by atoms with E-state index in [2.05, 4.69) is 44.0 Å². The number of thioether (sulfide) groups is 1. The zero-order valence-corrected chi connectivity index (χ0v) is 48.3. The number of alkyl halides is 3. The number of benzene rings is 4. The summed E-state index contributed by atoms with van der Waals surface area (Å²) in [6, 6.07) is 26.1. The van der Waals surface area contributed by atoms with Gasteiger partial charge >= 0.3 is 11.6 Å². The minimum absolute atomic E-state index is 0.0177. The number of rotatable bonds is 18. The highest BCUT2D eigenvalue weighted by Crippen LogP contribution is 2.44. The van der Waals surface area contributed by atoms with Crippen LogP contribution in [0.5, 0.6) is 0 Å². The van der Waals surface area contributed by atoms with Gasteiger partial charge in [-0.3, -0.25) is 19.5 Å². The van der Waals surface area contributed by atoms with Crippen LogP contribution in [0, 0.1) is 5.41 Å². The average molecular weight is 1170 g/mol. The Balaban J connectivity index is 0.830. The predicted octanol–water partition coefficient (Wildman–Crippen LogP) is 9.51. The van der Waals surface area contributed by atoms with E-state index in [1.165, 1.54) is 40.6 Å². The number of halogens is 4. The van der Waals surface area contributed by atoms with E-state index in [0.717, 1.165) is 94.2 Å². The summed E-state index contributed by atoms with van der Waals surface area (Å²) in [5.74, 6) is -0.670. The number of sulfonamides is 1. The second-order valence-corrected chi connectivity index (χ2v) is 27.9. The number of carbonyl (C=O) groups excluding carboxylic acids is 2. The topological polar surface area (TPSA) is 161 Å². The number of nitrogens with one attached hydrogen (secondary N) is 2. The summed E-state index contributed by atoms with van der Waals surface area (Å²) in [6.07, 6.45) is 4.11. The van der Waals surface area contributed by atoms with Gasteiger partial charge in [0.25, 0.3) is 25.8 Å². The van der Waals surface area contributed by atoms with Gasteiger partial charge < -0.3 is 24.6 Å². The molecule has 4 heterocycles. The zero-order valence-electron chi connectivity index (χ0n) is 45.1. The van der Waals surface area contributed by atoms with Crippen LogP contribution in [0.4, 0.5) is 29.3 Å². The molecule has 4 aliphatic heterocycles. The molecule has 79 heavy (non-hydrogen) atoms. The summed E-state index contributed by atoms with van der Waals surface area (Å²) in [5.41, 5.74) is -1.93. The van der Waals surface area contributed by atoms with Gasteiger partial charge in [-0.1, -0.05) is 54.4 Å². The number of carbonyl (C=O) groups is 2. The minimum atomic E-state index is -6.08. The van der Waals surface area contributed by atoms with Gasteiger partial charge in [0.15, 0.2) is 0 Å². The molecule has 2 amide bonds. The number of ether oxygens (including phenoxy) is 2. The van der Waals surface area contributed by atoms with E-state index in [1.807, 2.05) is 68.0 Å². The van der Waals surface area contributed by atoms with Gasteiger partial charge in [-0.05, 0) is 136 Å². The molecule has 15 nitrogen and oxygen atoms in total. The lowest BCUT2D eigenvalue weighted by atomic mass is 9.71. The summed E-state index contributed by atoms with van der Waals surface area (Å²) in [6.45, 7) is 17.4. The van der Waals surface area contributed by atoms with E-state index in [1.54, 1.807) is 17.0 Å². The Morgan fingerprint density at radius 3 is 2.19 bits per heavy atom. The van der Waals surface area contributed by atoms with Crippen LogP contribution in [0.1, 0.15) is 75.7 Å². The van der Waals surface area contributed by atoms with Crippen LogP contribution >= 0.6 is 23.4 Å². The molecule has 1 unspecified atom stereocenters. The molecule has 4 fully saturated rings. The average Bonchev–Trinajstić information content (AvgIpc) is 4.24. The van der Waals surface area contributed by atoms with Crippen molar-refractivity contribution in [1.82, 2.24) is 24.3 Å². The predicted molar refractivity (Wildman–Crippen MR) is 303 cm³/mol. The van der Waals surface area contributed by atoms with E-state index >= 15 is 0 Å². The van der Waals surface area contributed by atoms with Crippen LogP contribution in [0.25, 0.3) is 5.57 Å². The monoisotopic (exact) mass is 1170 g/mol. The SMILES string of the molecule is CC1(CN2CCN(C(=O)OC(C)(C)C)CC2)CCC(c2ccc(Cl)cc2)=C(CN2CCN(c3ccc(C(=O)NS(=O)(=O)c4ccc(N[C@H](CCN5C[C@H]6C[C@@H]5CO6)CSc5ccccc5)c(S(=O)(=O)C(F)(F)F)c4)cc3)CC2)C1. The first kappa shape index (κ1) is 58.8. The van der Waals surface area contributed by atoms with Crippen LogP contribution in [0.3, 0.4) is 0 Å². The first-order chi connectivity index (χ1) is 37.4. The summed E-state index contributed by atoms with van der Waals surface area (Å²) in [5, 5.41) is 3.72. The van der Waals surface area contributed by atoms with E-state index in [-0.39, 0.29) is 29.2 Å². The molecule has 4 aromatic rings. The molecule has 0 radical (unpaired) electrons. The van der Waals surface area contributed by atoms with Crippen molar-refractivity contribution < 1.29 is 49.1 Å². The third-order valence-electron chi connectivity index (χ3n) is 15.6. The number of fused-ring (bicyclic) bond motifs is 2. The number of hydrogen-bond acceptors (Lipinski definition) is 14. The lowest BCUT2D eigenvalue weighted by molar-refractivity contribution is -0.0436. The van der Waals surface area contributed by atoms with Crippen molar-refractivity contribution in [3.05, 3.63) is 119 Å². The number of likely N-dealkylation sites (tertiary alicyclic amines) is 1. The Morgan fingerprint density at radius 1 is 0.873 bits per heavy atom. The molecular weight excluding hydrogens is 1100 g/mol. The molecule has 5 aliphatic rings. The molecule has 0 spiro atoms. The molecule has 22 heteroatoms. The van der Waals surface area contributed by atoms with Gasteiger partial charge in [0, 0.05) is 118 Å². The van der Waals surface area contributed by atoms with Crippen molar-refractivity contribution in [2.75, 3.05) is 101 Å². The fraction of sp³-hybridized carbons (Fsp3) is 0.509. The molecule has 2 N–H and O–H groups in total. The van der Waals surface area contributed by atoms with Crippen molar-refractivity contribution in [1.29, 1.82) is 0 Å². The molecule has 0 saturated carbocycles. The van der Waals surface area contributed by atoms with Crippen molar-refractivity contribution in [2.24, 2.45) is 5.41 Å². The normalized spacial score (nSPS) is 22.3. The highest BCUT2D eigenvalue weighted by molar-refractivity contribution is 7.99. The van der Waals surface area contributed by atoms with Crippen molar-refractivity contribution >= 4 is 72.2 Å². The van der Waals surface area contributed by atoms with Crippen molar-refractivity contribution in [3.8, 4) is 0 Å². The lowest BCUT2D eigenvalue weighted by Crippen LogP contribution is -2.52. The third-order valence-corrected chi connectivity index (χ3v) is 19.8. The molecule has 2 bridgehead atoms. The summed E-state index contributed by atoms with van der Waals surface area (Å²) >= 11 is 7.78. The van der Waals surface area contributed by atoms with Gasteiger partial charge in [0.1, 0.15) is 10.5 Å². The van der Waals surface area contributed by atoms with Gasteiger partial charge in [-0.25, -0.2) is 26.4 Å². The molecule has 0 aromatic heterocycles. The highest BCUT2D eigenvalue weighted by atomic mass is 35.5. The smallest absolute Gasteiger partial charge is 0.444 e. The number of allylic oxidation sites excluding steroid dienone is 1. The van der Waals surface area contributed by atoms with Crippen LogP contribution in [-0.2, 0) is 29.3 Å². The third kappa shape index (κ3) is 14.8. The first-order valence-electron chi connectivity index (χ1n) is 27.0. The maximum Gasteiger partial charge on any atom is 0.501 e. The fourth-order valence-electron chi connectivity index (χ4n) is 11.4. The van der Waals surface area contributed by atoms with E-state index in [9.17, 15) is 39.6 Å². The number of piperazine rings is 2. The summed E-state index contributed by atoms with van der Waals surface area (Å²) in [4.78, 5) is 36.3. The van der Waals surface area contributed by atoms with Crippen LogP contribution in [0.2, 0.25) is 5.02 Å². The van der Waals surface area contributed by atoms with Crippen LogP contribution in [0.15, 0.2) is 117 Å². The van der Waals surface area contributed by atoms with Crippen LogP contribution < -0.4 is 14.9 Å². The molecule has 4 saturated heterocycles. The van der Waals surface area contributed by atoms with E-state index in [4.69, 9.17) is 21.1 Å². The lowest BCUT2D eigenvalue weighted by Gasteiger charge is -2.44. The molecular formula is C57H71ClF3N7O8S3. The largest absolute Gasteiger partial charge is 0.501 e. The van der Waals surface area contributed by atoms with E-state index < -0.39 is 58.4 Å². The number of amides is 2. The maximum atomic E-state index is 14.3. The molecule has 428 valence electrons. The van der Waals surface area contributed by atoms with Crippen molar-refractivity contribution in [3.63, 3.8) is 0 Å². The van der Waals surface area contributed by atoms with Gasteiger partial charge in [0.2, 0.25) is 0 Å². The number of hydrogen-bond donors (Lipinski definition) is 2. The Morgan fingerprint density at radius 2 is 1.56 bits per heavy atom. The molecule has 4 aromatic carbocycles. The molecule has 4 atom stereocenters. The number of anilines is 2. The first-order valence-corrected chi connectivity index (χ1v) is 31.3. The minimum Gasteiger partial charge on any atom is -0.444 e. The second kappa shape index (κ2) is 24.3. The highest BCUT2D eigenvalue weighted by Gasteiger charge is 2.49. The fourth-order valence-corrected chi connectivity index (χ4v) is 14.5. The van der Waals surface area contributed by atoms with Gasteiger partial charge in [-0.2, -0.15) is 13.2 Å². The molecule has 1 aliphatic carbocycles. The number of morpholine rings is 1. The van der Waals surface area contributed by atoms with Gasteiger partial charge in [-0.15, -0.1) is 11.8 Å². The maximum absolute atomic E-state index is 14.3. The Bertz CT molecular complexity index is 3060. The number of sulfone groups is 1. The Kier molecular flexibility index (Phi) is 18.1. The zero-order chi connectivity index (χ0) is 56.3. The van der Waals surface area contributed by atoms with Gasteiger partial charge in [0.05, 0.1) is 23.3 Å². The Hall–Kier alpha value is -4.87. The molecule has 9 rings (SSSR count). The number of nitrogens with zero attached hydrogens (tertiary/aromatic N) is 5. The van der Waals surface area contributed by atoms with E-state index in [0.29, 0.717) is 62.6 Å². The second-order valence-electron chi connectivity index (χ2n) is 22.8.